The van der Waals surface area contributed by atoms with Crippen molar-refractivity contribution in [1.29, 1.82) is 0 Å². The van der Waals surface area contributed by atoms with Crippen LogP contribution in [-0.2, 0) is 0 Å². The van der Waals surface area contributed by atoms with E-state index in [0.717, 1.165) is 18.5 Å². The van der Waals surface area contributed by atoms with Crippen LogP contribution in [0.1, 0.15) is 31.9 Å². The fraction of sp³-hybridized carbons (Fsp3) is 0.385. The maximum atomic E-state index is 12.9. The monoisotopic (exact) mass is 207 g/mol. The quantitative estimate of drug-likeness (QED) is 0.576. The third-order valence-corrected chi connectivity index (χ3v) is 2.35. The number of benzene rings is 1. The fourth-order valence-corrected chi connectivity index (χ4v) is 1.44. The molecule has 1 aromatic rings. The Balaban J connectivity index is 2.43. The first kappa shape index (κ1) is 11.9. The summed E-state index contributed by atoms with van der Waals surface area (Å²) in [5.41, 5.74) is 0.996. The molecule has 0 heterocycles. The van der Waals surface area contributed by atoms with Crippen LogP contribution in [-0.4, -0.2) is 6.54 Å². The molecule has 1 unspecified atom stereocenters. The Morgan fingerprint density at radius 2 is 2.27 bits per heavy atom. The second-order valence-corrected chi connectivity index (χ2v) is 3.59. The van der Waals surface area contributed by atoms with Crippen LogP contribution in [0.3, 0.4) is 0 Å². The van der Waals surface area contributed by atoms with E-state index < -0.39 is 0 Å². The molecule has 15 heavy (non-hydrogen) atoms. The predicted molar refractivity (Wildman–Crippen MR) is 62.2 cm³/mol. The maximum Gasteiger partial charge on any atom is 0.123 e. The van der Waals surface area contributed by atoms with Gasteiger partial charge in [-0.3, -0.25) is 0 Å². The van der Waals surface area contributed by atoms with E-state index in [-0.39, 0.29) is 11.9 Å². The summed E-state index contributed by atoms with van der Waals surface area (Å²) in [6, 6.07) is 6.93. The number of halogens is 1. The Morgan fingerprint density at radius 3 is 2.93 bits per heavy atom. The van der Waals surface area contributed by atoms with Gasteiger partial charge in [0.25, 0.3) is 0 Å². The van der Waals surface area contributed by atoms with Crippen LogP contribution >= 0.6 is 0 Å². The van der Waals surface area contributed by atoms with E-state index >= 15 is 0 Å². The van der Waals surface area contributed by atoms with Crippen LogP contribution in [0, 0.1) is 5.82 Å². The summed E-state index contributed by atoms with van der Waals surface area (Å²) in [6.45, 7) is 4.97. The maximum absolute atomic E-state index is 12.9. The lowest BCUT2D eigenvalue weighted by Crippen LogP contribution is -2.19. The predicted octanol–water partition coefficient (Wildman–Crippen LogP) is 3.44. The van der Waals surface area contributed by atoms with Crippen molar-refractivity contribution in [3.8, 4) is 0 Å². The normalized spacial score (nSPS) is 13.3. The lowest BCUT2D eigenvalue weighted by Gasteiger charge is -2.13. The van der Waals surface area contributed by atoms with Crippen molar-refractivity contribution in [3.63, 3.8) is 0 Å². The molecule has 0 fully saturated rings. The Hall–Kier alpha value is -1.15. The summed E-state index contributed by atoms with van der Waals surface area (Å²) in [7, 11) is 0. The Bertz CT molecular complexity index is 320. The van der Waals surface area contributed by atoms with E-state index in [1.807, 2.05) is 26.0 Å². The van der Waals surface area contributed by atoms with Crippen LogP contribution in [0.15, 0.2) is 36.4 Å². The molecular formula is C13H18FN. The molecule has 1 N–H and O–H groups in total. The molecule has 1 atom stereocenters. The van der Waals surface area contributed by atoms with E-state index in [2.05, 4.69) is 11.4 Å². The molecule has 0 spiro atoms. The zero-order valence-electron chi connectivity index (χ0n) is 9.33. The Labute approximate surface area is 91.0 Å². The smallest absolute Gasteiger partial charge is 0.123 e. The molecule has 0 saturated carbocycles. The van der Waals surface area contributed by atoms with Gasteiger partial charge < -0.3 is 5.32 Å². The molecule has 1 aromatic carbocycles. The number of allylic oxidation sites excluding steroid dienone is 1. The zero-order valence-corrected chi connectivity index (χ0v) is 9.33. The van der Waals surface area contributed by atoms with Gasteiger partial charge in [0.2, 0.25) is 0 Å². The first-order valence-corrected chi connectivity index (χ1v) is 5.34. The largest absolute Gasteiger partial charge is 0.310 e. The zero-order chi connectivity index (χ0) is 11.1. The van der Waals surface area contributed by atoms with Crippen LogP contribution < -0.4 is 5.32 Å². The van der Waals surface area contributed by atoms with E-state index in [4.69, 9.17) is 0 Å². The van der Waals surface area contributed by atoms with Gasteiger partial charge in [-0.05, 0) is 44.5 Å². The van der Waals surface area contributed by atoms with Crippen LogP contribution in [0.4, 0.5) is 4.39 Å². The molecule has 0 aliphatic rings. The van der Waals surface area contributed by atoms with Crippen molar-refractivity contribution in [2.75, 3.05) is 6.54 Å². The molecular weight excluding hydrogens is 189 g/mol. The molecule has 0 saturated heterocycles. The summed E-state index contributed by atoms with van der Waals surface area (Å²) in [5.74, 6) is -0.172. The van der Waals surface area contributed by atoms with Gasteiger partial charge in [-0.15, -0.1) is 0 Å². The van der Waals surface area contributed by atoms with Gasteiger partial charge in [0.1, 0.15) is 5.82 Å². The summed E-state index contributed by atoms with van der Waals surface area (Å²) in [6.07, 6.45) is 5.16. The van der Waals surface area contributed by atoms with Crippen LogP contribution in [0.5, 0.6) is 0 Å². The highest BCUT2D eigenvalue weighted by Crippen LogP contribution is 2.12. The molecule has 0 aromatic heterocycles. The summed E-state index contributed by atoms with van der Waals surface area (Å²) >= 11 is 0. The summed E-state index contributed by atoms with van der Waals surface area (Å²) in [4.78, 5) is 0. The third-order valence-electron chi connectivity index (χ3n) is 2.35. The first-order chi connectivity index (χ1) is 7.24. The van der Waals surface area contributed by atoms with Crippen LogP contribution in [0.25, 0.3) is 0 Å². The van der Waals surface area contributed by atoms with Gasteiger partial charge in [0.05, 0.1) is 0 Å². The molecule has 0 aliphatic carbocycles. The molecule has 0 aliphatic heterocycles. The molecule has 1 rings (SSSR count). The molecule has 0 bridgehead atoms. The van der Waals surface area contributed by atoms with E-state index in [0.29, 0.717) is 0 Å². The van der Waals surface area contributed by atoms with E-state index in [9.17, 15) is 4.39 Å². The van der Waals surface area contributed by atoms with Gasteiger partial charge in [0, 0.05) is 6.04 Å². The van der Waals surface area contributed by atoms with Gasteiger partial charge >= 0.3 is 0 Å². The first-order valence-electron chi connectivity index (χ1n) is 5.34. The summed E-state index contributed by atoms with van der Waals surface area (Å²) < 4.78 is 12.9. The van der Waals surface area contributed by atoms with Crippen molar-refractivity contribution < 1.29 is 4.39 Å². The summed E-state index contributed by atoms with van der Waals surface area (Å²) in [5, 5.41) is 3.34. The van der Waals surface area contributed by atoms with Gasteiger partial charge in [-0.1, -0.05) is 24.3 Å². The standard InChI is InChI=1S/C13H18FN/c1-3-4-5-9-15-11(2)12-7-6-8-13(14)10-12/h3-4,6-8,10-11,15H,5,9H2,1-2H3/b4-3+. The molecule has 82 valence electrons. The minimum atomic E-state index is -0.172. The Morgan fingerprint density at radius 1 is 1.47 bits per heavy atom. The number of hydrogen-bond acceptors (Lipinski definition) is 1. The average Bonchev–Trinajstić information content (AvgIpc) is 2.24. The highest BCUT2D eigenvalue weighted by molar-refractivity contribution is 5.19. The average molecular weight is 207 g/mol. The topological polar surface area (TPSA) is 12.0 Å². The second-order valence-electron chi connectivity index (χ2n) is 3.59. The van der Waals surface area contributed by atoms with E-state index in [1.54, 1.807) is 12.1 Å². The van der Waals surface area contributed by atoms with Crippen molar-refractivity contribution in [2.45, 2.75) is 26.3 Å². The van der Waals surface area contributed by atoms with Gasteiger partial charge in [-0.25, -0.2) is 4.39 Å². The van der Waals surface area contributed by atoms with E-state index in [1.165, 1.54) is 6.07 Å². The minimum absolute atomic E-state index is 0.172. The van der Waals surface area contributed by atoms with Gasteiger partial charge in [0.15, 0.2) is 0 Å². The van der Waals surface area contributed by atoms with Gasteiger partial charge in [-0.2, -0.15) is 0 Å². The van der Waals surface area contributed by atoms with Crippen LogP contribution in [0.2, 0.25) is 0 Å². The third kappa shape index (κ3) is 4.26. The molecule has 0 radical (unpaired) electrons. The van der Waals surface area contributed by atoms with Crippen molar-refractivity contribution in [2.24, 2.45) is 0 Å². The lowest BCUT2D eigenvalue weighted by atomic mass is 10.1. The molecule has 1 nitrogen and oxygen atoms in total. The Kier molecular flexibility index (Phi) is 5.05. The van der Waals surface area contributed by atoms with Crippen molar-refractivity contribution in [3.05, 3.63) is 47.8 Å². The highest BCUT2D eigenvalue weighted by Gasteiger charge is 2.03. The number of nitrogens with one attached hydrogen (secondary N) is 1. The SMILES string of the molecule is C/C=C/CCNC(C)c1cccc(F)c1. The minimum Gasteiger partial charge on any atom is -0.310 e. The number of hydrogen-bond donors (Lipinski definition) is 1. The molecule has 2 heteroatoms. The number of rotatable bonds is 5. The fourth-order valence-electron chi connectivity index (χ4n) is 1.44. The lowest BCUT2D eigenvalue weighted by molar-refractivity contribution is 0.570. The second kappa shape index (κ2) is 6.36. The van der Waals surface area contributed by atoms with Crippen molar-refractivity contribution >= 4 is 0 Å². The van der Waals surface area contributed by atoms with Crippen molar-refractivity contribution in [1.82, 2.24) is 5.32 Å². The highest BCUT2D eigenvalue weighted by atomic mass is 19.1. The molecule has 0 amide bonds.